The molecule has 0 radical (unpaired) electrons. The van der Waals surface area contributed by atoms with E-state index in [-0.39, 0.29) is 28.4 Å². The molecule has 2 N–H and O–H groups in total. The number of carbonyl (C=O) groups excluding carboxylic acids is 1. The Bertz CT molecular complexity index is 1510. The van der Waals surface area contributed by atoms with E-state index in [1.54, 1.807) is 27.3 Å². The summed E-state index contributed by atoms with van der Waals surface area (Å²) < 4.78 is 18.1. The smallest absolute Gasteiger partial charge is 0.246 e. The molecule has 1 saturated heterocycles. The molecule has 1 atom stereocenters. The summed E-state index contributed by atoms with van der Waals surface area (Å²) in [6.45, 7) is 4.59. The SMILES string of the molecule is C=CC(=O)N1CC[C@H](n2nc(C#Cc3cc4ncn(C)c4c(F)c3Cl)c3c(N)ncnc32)C1. The molecule has 1 aliphatic rings. The number of aromatic nitrogens is 6. The van der Waals surface area contributed by atoms with E-state index >= 15 is 0 Å². The molecular weight excluding hydrogens is 447 g/mol. The van der Waals surface area contributed by atoms with Crippen LogP contribution < -0.4 is 5.73 Å². The Morgan fingerprint density at radius 2 is 2.18 bits per heavy atom. The molecule has 4 heterocycles. The molecule has 4 aromatic rings. The van der Waals surface area contributed by atoms with Crippen LogP contribution in [0, 0.1) is 17.7 Å². The first-order valence-corrected chi connectivity index (χ1v) is 10.5. The third-order valence-electron chi connectivity index (χ3n) is 5.71. The molecule has 1 aromatic carbocycles. The van der Waals surface area contributed by atoms with Crippen LogP contribution in [0.3, 0.4) is 0 Å². The lowest BCUT2D eigenvalue weighted by molar-refractivity contribution is -0.125. The van der Waals surface area contributed by atoms with Crippen LogP contribution in [-0.2, 0) is 11.8 Å². The van der Waals surface area contributed by atoms with Gasteiger partial charge in [0.2, 0.25) is 5.91 Å². The topological polar surface area (TPSA) is 108 Å². The van der Waals surface area contributed by atoms with Crippen LogP contribution in [0.15, 0.2) is 31.4 Å². The quantitative estimate of drug-likeness (QED) is 0.360. The summed E-state index contributed by atoms with van der Waals surface area (Å²) in [6.07, 6.45) is 4.86. The summed E-state index contributed by atoms with van der Waals surface area (Å²) >= 11 is 6.25. The van der Waals surface area contributed by atoms with Crippen molar-refractivity contribution in [1.29, 1.82) is 0 Å². The minimum atomic E-state index is -0.588. The number of nitrogens with zero attached hydrogens (tertiary/aromatic N) is 7. The van der Waals surface area contributed by atoms with Gasteiger partial charge in [-0.3, -0.25) is 4.79 Å². The van der Waals surface area contributed by atoms with Gasteiger partial charge in [-0.15, -0.1) is 0 Å². The molecule has 1 fully saturated rings. The van der Waals surface area contributed by atoms with Crippen LogP contribution in [0.4, 0.5) is 10.2 Å². The molecule has 0 spiro atoms. The van der Waals surface area contributed by atoms with E-state index in [1.165, 1.54) is 18.7 Å². The van der Waals surface area contributed by atoms with E-state index in [1.807, 2.05) is 0 Å². The number of hydrogen-bond acceptors (Lipinski definition) is 6. The highest BCUT2D eigenvalue weighted by molar-refractivity contribution is 6.32. The van der Waals surface area contributed by atoms with Crippen molar-refractivity contribution in [2.75, 3.05) is 18.8 Å². The summed E-state index contributed by atoms with van der Waals surface area (Å²) in [5.74, 6) is 5.35. The summed E-state index contributed by atoms with van der Waals surface area (Å²) in [4.78, 5) is 26.3. The molecule has 0 unspecified atom stereocenters. The van der Waals surface area contributed by atoms with Gasteiger partial charge in [0.25, 0.3) is 0 Å². The van der Waals surface area contributed by atoms with Crippen LogP contribution in [0.5, 0.6) is 0 Å². The Labute approximate surface area is 192 Å². The van der Waals surface area contributed by atoms with Gasteiger partial charge in [-0.1, -0.05) is 24.1 Å². The van der Waals surface area contributed by atoms with Crippen molar-refractivity contribution < 1.29 is 9.18 Å². The van der Waals surface area contributed by atoms with Crippen molar-refractivity contribution in [3.05, 3.63) is 53.5 Å². The van der Waals surface area contributed by atoms with Gasteiger partial charge in [-0.05, 0) is 24.5 Å². The number of anilines is 1. The number of amides is 1. The second-order valence-electron chi connectivity index (χ2n) is 7.71. The predicted molar refractivity (Wildman–Crippen MR) is 122 cm³/mol. The van der Waals surface area contributed by atoms with E-state index in [2.05, 4.69) is 38.5 Å². The first kappa shape index (κ1) is 20.9. The first-order valence-electron chi connectivity index (χ1n) is 10.1. The third kappa shape index (κ3) is 3.37. The number of rotatable bonds is 2. The molecule has 33 heavy (non-hydrogen) atoms. The van der Waals surface area contributed by atoms with Crippen LogP contribution in [0.25, 0.3) is 22.1 Å². The summed E-state index contributed by atoms with van der Waals surface area (Å²) in [5, 5.41) is 5.02. The predicted octanol–water partition coefficient (Wildman–Crippen LogP) is 2.45. The van der Waals surface area contributed by atoms with Crippen LogP contribution in [0.2, 0.25) is 5.02 Å². The Morgan fingerprint density at radius 3 is 2.97 bits per heavy atom. The number of hydrogen-bond donors (Lipinski definition) is 1. The van der Waals surface area contributed by atoms with Crippen molar-refractivity contribution >= 4 is 45.4 Å². The van der Waals surface area contributed by atoms with Gasteiger partial charge in [-0.25, -0.2) is 24.0 Å². The van der Waals surface area contributed by atoms with Crippen LogP contribution >= 0.6 is 11.6 Å². The van der Waals surface area contributed by atoms with E-state index < -0.39 is 5.82 Å². The summed E-state index contributed by atoms with van der Waals surface area (Å²) in [7, 11) is 1.69. The summed E-state index contributed by atoms with van der Waals surface area (Å²) in [5.41, 5.74) is 8.00. The third-order valence-corrected chi connectivity index (χ3v) is 6.08. The number of benzene rings is 1. The number of halogens is 2. The standard InChI is InChI=1S/C22H18ClFN8O/c1-3-16(33)31-7-6-13(9-31)32-22-17(21(25)26-10-27-22)14(29-32)5-4-12-8-15-20(19(24)18(12)23)30(2)11-28-15/h3,8,10-11,13H,1,6-7,9H2,2H3,(H2,25,26,27)/t13-/m0/s1. The fraction of sp³-hybridized carbons (Fsp3) is 0.227. The fourth-order valence-electron chi connectivity index (χ4n) is 4.07. The molecule has 1 amide bonds. The highest BCUT2D eigenvalue weighted by Gasteiger charge is 2.29. The highest BCUT2D eigenvalue weighted by Crippen LogP contribution is 2.30. The Balaban J connectivity index is 1.59. The molecule has 11 heteroatoms. The van der Waals surface area contributed by atoms with Gasteiger partial charge in [0.15, 0.2) is 11.5 Å². The zero-order valence-electron chi connectivity index (χ0n) is 17.6. The maximum atomic E-state index is 14.8. The maximum Gasteiger partial charge on any atom is 0.246 e. The number of imidazole rings is 1. The van der Waals surface area contributed by atoms with Crippen LogP contribution in [0.1, 0.15) is 23.7 Å². The second kappa shape index (κ2) is 7.86. The number of aryl methyl sites for hydroxylation is 1. The second-order valence-corrected chi connectivity index (χ2v) is 8.08. The number of fused-ring (bicyclic) bond motifs is 2. The Hall–Kier alpha value is -3.97. The van der Waals surface area contributed by atoms with E-state index in [0.29, 0.717) is 47.3 Å². The Morgan fingerprint density at radius 1 is 1.36 bits per heavy atom. The molecule has 0 saturated carbocycles. The molecule has 5 rings (SSSR count). The van der Waals surface area contributed by atoms with E-state index in [0.717, 1.165) is 0 Å². The lowest BCUT2D eigenvalue weighted by atomic mass is 10.1. The van der Waals surface area contributed by atoms with Gasteiger partial charge >= 0.3 is 0 Å². The van der Waals surface area contributed by atoms with E-state index in [4.69, 9.17) is 17.3 Å². The molecule has 0 aliphatic carbocycles. The van der Waals surface area contributed by atoms with Gasteiger partial charge in [0.1, 0.15) is 23.4 Å². The fourth-order valence-corrected chi connectivity index (χ4v) is 4.26. The highest BCUT2D eigenvalue weighted by atomic mass is 35.5. The number of carbonyl (C=O) groups is 1. The zero-order chi connectivity index (χ0) is 23.3. The molecular formula is C22H18ClFN8O. The lowest BCUT2D eigenvalue weighted by Crippen LogP contribution is -2.27. The van der Waals surface area contributed by atoms with Gasteiger partial charge in [-0.2, -0.15) is 5.10 Å². The largest absolute Gasteiger partial charge is 0.383 e. The van der Waals surface area contributed by atoms with Crippen molar-refractivity contribution in [1.82, 2.24) is 34.2 Å². The van der Waals surface area contributed by atoms with Crippen molar-refractivity contribution in [3.63, 3.8) is 0 Å². The monoisotopic (exact) mass is 464 g/mol. The minimum absolute atomic E-state index is 0.0964. The average Bonchev–Trinajstić information content (AvgIpc) is 3.52. The van der Waals surface area contributed by atoms with Gasteiger partial charge in [0, 0.05) is 25.7 Å². The molecule has 0 bridgehead atoms. The molecule has 3 aromatic heterocycles. The Kier molecular flexibility index (Phi) is 4.98. The van der Waals surface area contributed by atoms with Crippen LogP contribution in [-0.4, -0.2) is 53.2 Å². The number of nitrogens with two attached hydrogens (primary N) is 1. The minimum Gasteiger partial charge on any atom is -0.383 e. The molecule has 166 valence electrons. The average molecular weight is 465 g/mol. The molecule has 9 nitrogen and oxygen atoms in total. The maximum absolute atomic E-state index is 14.8. The van der Waals surface area contributed by atoms with Crippen molar-refractivity contribution in [2.45, 2.75) is 12.5 Å². The normalized spacial score (nSPS) is 15.7. The number of nitrogen functional groups attached to an aromatic ring is 1. The zero-order valence-corrected chi connectivity index (χ0v) is 18.3. The van der Waals surface area contributed by atoms with E-state index in [9.17, 15) is 9.18 Å². The first-order chi connectivity index (χ1) is 15.9. The van der Waals surface area contributed by atoms with Crippen molar-refractivity contribution in [3.8, 4) is 11.8 Å². The van der Waals surface area contributed by atoms with Crippen molar-refractivity contribution in [2.24, 2.45) is 7.05 Å². The summed E-state index contributed by atoms with van der Waals surface area (Å²) in [6, 6.07) is 1.52. The number of likely N-dealkylation sites (tertiary alicyclic amines) is 1. The molecule has 1 aliphatic heterocycles. The van der Waals surface area contributed by atoms with Gasteiger partial charge in [0.05, 0.1) is 28.3 Å². The van der Waals surface area contributed by atoms with Gasteiger partial charge < -0.3 is 15.2 Å². The lowest BCUT2D eigenvalue weighted by Gasteiger charge is -2.14.